The number of nitro benzene ring substituents is 1. The molecule has 0 saturated carbocycles. The quantitative estimate of drug-likeness (QED) is 0.523. The summed E-state index contributed by atoms with van der Waals surface area (Å²) < 4.78 is 0. The average Bonchev–Trinajstić information content (AvgIpc) is 2.88. The molecule has 128 valence electrons. The number of rotatable bonds is 2. The molecule has 1 aliphatic heterocycles. The van der Waals surface area contributed by atoms with Crippen LogP contribution < -0.4 is 4.90 Å². The molecule has 3 aromatic carbocycles. The first-order valence-electron chi connectivity index (χ1n) is 8.22. The third-order valence-corrected chi connectivity index (χ3v) is 4.44. The van der Waals surface area contributed by atoms with Crippen LogP contribution in [0.5, 0.6) is 0 Å². The van der Waals surface area contributed by atoms with Gasteiger partial charge in [-0.05, 0) is 29.0 Å². The molecule has 3 aromatic rings. The van der Waals surface area contributed by atoms with Crippen LogP contribution in [-0.4, -0.2) is 30.1 Å². The van der Waals surface area contributed by atoms with Crippen molar-refractivity contribution < 1.29 is 9.72 Å². The van der Waals surface area contributed by atoms with E-state index in [2.05, 4.69) is 4.99 Å². The molecule has 6 heteroatoms. The van der Waals surface area contributed by atoms with Crippen molar-refractivity contribution in [2.45, 2.75) is 0 Å². The van der Waals surface area contributed by atoms with Crippen molar-refractivity contribution in [3.63, 3.8) is 0 Å². The third-order valence-electron chi connectivity index (χ3n) is 4.44. The number of aliphatic imine (C=N–C) groups is 1. The zero-order valence-corrected chi connectivity index (χ0v) is 13.8. The molecule has 0 bridgehead atoms. The summed E-state index contributed by atoms with van der Waals surface area (Å²) in [4.78, 5) is 29.6. The van der Waals surface area contributed by atoms with Crippen LogP contribution in [0.25, 0.3) is 10.8 Å². The lowest BCUT2D eigenvalue weighted by molar-refractivity contribution is -0.384. The number of nitrogens with zero attached hydrogens (tertiary/aromatic N) is 3. The summed E-state index contributed by atoms with van der Waals surface area (Å²) in [6, 6.07) is 17.9. The van der Waals surface area contributed by atoms with Gasteiger partial charge in [0.25, 0.3) is 11.6 Å². The number of carbonyl (C=O) groups excluding carboxylic acids is 1. The van der Waals surface area contributed by atoms with Crippen molar-refractivity contribution in [3.8, 4) is 0 Å². The molecule has 0 aromatic heterocycles. The van der Waals surface area contributed by atoms with Crippen LogP contribution in [0, 0.1) is 10.1 Å². The largest absolute Gasteiger partial charge is 0.306 e. The minimum atomic E-state index is -0.450. The van der Waals surface area contributed by atoms with Crippen LogP contribution in [-0.2, 0) is 0 Å². The summed E-state index contributed by atoms with van der Waals surface area (Å²) >= 11 is 0. The normalized spacial score (nSPS) is 13.3. The molecule has 1 aliphatic rings. The number of amides is 1. The van der Waals surface area contributed by atoms with Gasteiger partial charge in [-0.2, -0.15) is 0 Å². The molecule has 0 fully saturated rings. The van der Waals surface area contributed by atoms with Crippen molar-refractivity contribution in [3.05, 3.63) is 81.9 Å². The summed E-state index contributed by atoms with van der Waals surface area (Å²) in [5.41, 5.74) is 1.77. The zero-order valence-electron chi connectivity index (χ0n) is 13.8. The molecular weight excluding hydrogens is 330 g/mol. The van der Waals surface area contributed by atoms with Crippen LogP contribution in [0.2, 0.25) is 0 Å². The van der Waals surface area contributed by atoms with Gasteiger partial charge in [-0.25, -0.2) is 0 Å². The van der Waals surface area contributed by atoms with Crippen LogP contribution in [0.1, 0.15) is 15.9 Å². The number of non-ortho nitro benzene ring substituents is 1. The zero-order chi connectivity index (χ0) is 18.1. The number of benzodiazepines with no additional fused rings is 1. The van der Waals surface area contributed by atoms with E-state index in [0.29, 0.717) is 29.9 Å². The molecule has 0 atom stereocenters. The fourth-order valence-electron chi connectivity index (χ4n) is 3.13. The molecule has 4 rings (SSSR count). The number of anilines is 1. The Morgan fingerprint density at radius 3 is 2.65 bits per heavy atom. The Hall–Kier alpha value is -3.54. The summed E-state index contributed by atoms with van der Waals surface area (Å²) in [6.45, 7) is 0.870. The Labute approximate surface area is 149 Å². The van der Waals surface area contributed by atoms with E-state index in [0.717, 1.165) is 10.8 Å². The maximum absolute atomic E-state index is 13.1. The van der Waals surface area contributed by atoms with Crippen LogP contribution in [0.15, 0.2) is 65.7 Å². The summed E-state index contributed by atoms with van der Waals surface area (Å²) in [7, 11) is 0. The number of benzene rings is 3. The van der Waals surface area contributed by atoms with Crippen molar-refractivity contribution in [2.24, 2.45) is 4.99 Å². The van der Waals surface area contributed by atoms with E-state index in [4.69, 9.17) is 0 Å². The maximum Gasteiger partial charge on any atom is 0.270 e. The van der Waals surface area contributed by atoms with E-state index in [9.17, 15) is 14.9 Å². The summed E-state index contributed by atoms with van der Waals surface area (Å²) in [5.74, 6) is -0.142. The highest BCUT2D eigenvalue weighted by Crippen LogP contribution is 2.27. The number of nitro groups is 1. The Balaban J connectivity index is 1.75. The van der Waals surface area contributed by atoms with Crippen LogP contribution in [0.4, 0.5) is 11.4 Å². The van der Waals surface area contributed by atoms with Gasteiger partial charge in [0.15, 0.2) is 0 Å². The molecule has 0 aliphatic carbocycles. The van der Waals surface area contributed by atoms with E-state index in [1.807, 2.05) is 42.5 Å². The number of hydrogen-bond acceptors (Lipinski definition) is 4. The molecule has 0 unspecified atom stereocenters. The predicted molar refractivity (Wildman–Crippen MR) is 101 cm³/mol. The van der Waals surface area contributed by atoms with E-state index < -0.39 is 4.92 Å². The molecular formula is C20H15N3O3. The van der Waals surface area contributed by atoms with Crippen molar-refractivity contribution in [1.82, 2.24) is 0 Å². The Bertz CT molecular complexity index is 1060. The van der Waals surface area contributed by atoms with Crippen molar-refractivity contribution in [2.75, 3.05) is 18.0 Å². The Morgan fingerprint density at radius 2 is 1.85 bits per heavy atom. The average molecular weight is 345 g/mol. The Kier molecular flexibility index (Phi) is 3.93. The topological polar surface area (TPSA) is 75.8 Å². The van der Waals surface area contributed by atoms with Gasteiger partial charge in [-0.3, -0.25) is 19.9 Å². The molecule has 26 heavy (non-hydrogen) atoms. The van der Waals surface area contributed by atoms with Gasteiger partial charge in [0.05, 0.1) is 17.2 Å². The standard InChI is InChI=1S/C20H15N3O3/c24-20(16-6-5-14-3-1-2-4-15(14)11-16)22-10-9-21-13-17-12-18(23(25)26)7-8-19(17)22/h1-8,11-13H,9-10H2. The Morgan fingerprint density at radius 1 is 1.04 bits per heavy atom. The fourth-order valence-corrected chi connectivity index (χ4v) is 3.13. The fraction of sp³-hybridized carbons (Fsp3) is 0.100. The van der Waals surface area contributed by atoms with E-state index >= 15 is 0 Å². The monoisotopic (exact) mass is 345 g/mol. The van der Waals surface area contributed by atoms with Crippen molar-refractivity contribution >= 4 is 34.3 Å². The predicted octanol–water partition coefficient (Wildman–Crippen LogP) is 3.83. The van der Waals surface area contributed by atoms with Crippen LogP contribution in [0.3, 0.4) is 0 Å². The number of fused-ring (bicyclic) bond motifs is 2. The minimum Gasteiger partial charge on any atom is -0.306 e. The highest BCUT2D eigenvalue weighted by molar-refractivity contribution is 6.10. The lowest BCUT2D eigenvalue weighted by Gasteiger charge is -2.22. The van der Waals surface area contributed by atoms with Gasteiger partial charge >= 0.3 is 0 Å². The lowest BCUT2D eigenvalue weighted by Crippen LogP contribution is -2.33. The molecule has 6 nitrogen and oxygen atoms in total. The highest BCUT2D eigenvalue weighted by Gasteiger charge is 2.23. The highest BCUT2D eigenvalue weighted by atomic mass is 16.6. The molecule has 1 heterocycles. The molecule has 0 N–H and O–H groups in total. The summed E-state index contributed by atoms with van der Waals surface area (Å²) in [5, 5.41) is 13.1. The third kappa shape index (κ3) is 2.82. The van der Waals surface area contributed by atoms with Crippen molar-refractivity contribution in [1.29, 1.82) is 0 Å². The first kappa shape index (κ1) is 16.0. The lowest BCUT2D eigenvalue weighted by atomic mass is 10.1. The van der Waals surface area contributed by atoms with Gasteiger partial charge in [-0.15, -0.1) is 0 Å². The van der Waals surface area contributed by atoms with Gasteiger partial charge < -0.3 is 4.90 Å². The molecule has 1 amide bonds. The number of hydrogen-bond donors (Lipinski definition) is 0. The van der Waals surface area contributed by atoms with E-state index in [-0.39, 0.29) is 11.6 Å². The van der Waals surface area contributed by atoms with E-state index in [1.165, 1.54) is 12.1 Å². The first-order chi connectivity index (χ1) is 12.6. The molecule has 0 radical (unpaired) electrons. The van der Waals surface area contributed by atoms with Gasteiger partial charge in [0, 0.05) is 36.0 Å². The molecule has 0 spiro atoms. The number of carbonyl (C=O) groups is 1. The van der Waals surface area contributed by atoms with Gasteiger partial charge in [0.1, 0.15) is 0 Å². The maximum atomic E-state index is 13.1. The first-order valence-corrected chi connectivity index (χ1v) is 8.22. The second-order valence-corrected chi connectivity index (χ2v) is 6.05. The van der Waals surface area contributed by atoms with Gasteiger partial charge in [0.2, 0.25) is 0 Å². The van der Waals surface area contributed by atoms with E-state index in [1.54, 1.807) is 17.2 Å². The minimum absolute atomic E-state index is 0.0183. The summed E-state index contributed by atoms with van der Waals surface area (Å²) in [6.07, 6.45) is 1.59. The second kappa shape index (κ2) is 6.40. The van der Waals surface area contributed by atoms with Crippen LogP contribution >= 0.6 is 0 Å². The second-order valence-electron chi connectivity index (χ2n) is 6.05. The smallest absolute Gasteiger partial charge is 0.270 e. The molecule has 0 saturated heterocycles. The van der Waals surface area contributed by atoms with Gasteiger partial charge in [-0.1, -0.05) is 30.3 Å². The SMILES string of the molecule is O=C(c1ccc2ccccc2c1)N1CCN=Cc2cc([N+](=O)[O-])ccc21.